The van der Waals surface area contributed by atoms with E-state index in [1.165, 1.54) is 12.1 Å². The van der Waals surface area contributed by atoms with Gasteiger partial charge in [-0.05, 0) is 18.6 Å². The highest BCUT2D eigenvalue weighted by atomic mass is 32.2. The summed E-state index contributed by atoms with van der Waals surface area (Å²) in [6, 6.07) is 6.26. The van der Waals surface area contributed by atoms with Crippen LogP contribution in [0.25, 0.3) is 0 Å². The van der Waals surface area contributed by atoms with Crippen molar-refractivity contribution in [1.29, 1.82) is 0 Å². The van der Waals surface area contributed by atoms with Crippen LogP contribution in [-0.2, 0) is 4.74 Å². The van der Waals surface area contributed by atoms with Crippen molar-refractivity contribution in [2.45, 2.75) is 17.1 Å². The van der Waals surface area contributed by atoms with E-state index in [-0.39, 0.29) is 29.6 Å². The van der Waals surface area contributed by atoms with Crippen molar-refractivity contribution < 1.29 is 23.4 Å². The predicted molar refractivity (Wildman–Crippen MR) is 73.2 cm³/mol. The molecule has 1 aromatic rings. The lowest BCUT2D eigenvalue weighted by molar-refractivity contribution is 0.0866. The van der Waals surface area contributed by atoms with Gasteiger partial charge in [0.2, 0.25) is 0 Å². The first-order valence-corrected chi connectivity index (χ1v) is 7.03. The number of aliphatic hydroxyl groups excluding tert-OH is 1. The fourth-order valence-electron chi connectivity index (χ4n) is 1.49. The lowest BCUT2D eigenvalue weighted by Gasteiger charge is -2.09. The molecular formula is C13H17F2NO3S. The van der Waals surface area contributed by atoms with Gasteiger partial charge in [0, 0.05) is 18.0 Å². The Morgan fingerprint density at radius 2 is 2.10 bits per heavy atom. The van der Waals surface area contributed by atoms with Crippen molar-refractivity contribution in [2.24, 2.45) is 0 Å². The first-order chi connectivity index (χ1) is 9.65. The van der Waals surface area contributed by atoms with Crippen LogP contribution in [0, 0.1) is 0 Å². The number of amides is 1. The molecule has 0 saturated heterocycles. The molecule has 0 heterocycles. The number of alkyl halides is 2. The van der Waals surface area contributed by atoms with Crippen molar-refractivity contribution in [3.63, 3.8) is 0 Å². The molecule has 0 aromatic heterocycles. The molecule has 1 amide bonds. The van der Waals surface area contributed by atoms with E-state index < -0.39 is 5.76 Å². The van der Waals surface area contributed by atoms with Gasteiger partial charge in [0.25, 0.3) is 11.7 Å². The Labute approximate surface area is 120 Å². The number of thioether (sulfide) groups is 1. The lowest BCUT2D eigenvalue weighted by atomic mass is 10.2. The maximum Gasteiger partial charge on any atom is 0.288 e. The van der Waals surface area contributed by atoms with E-state index in [0.717, 1.165) is 0 Å². The number of aliphatic hydroxyl groups is 1. The molecule has 2 N–H and O–H groups in total. The number of halogens is 2. The number of nitrogens with one attached hydrogen (secondary N) is 1. The highest BCUT2D eigenvalue weighted by molar-refractivity contribution is 7.99. The molecule has 0 spiro atoms. The number of ether oxygens (including phenoxy) is 1. The van der Waals surface area contributed by atoms with Gasteiger partial charge in [-0.25, -0.2) is 0 Å². The van der Waals surface area contributed by atoms with Crippen LogP contribution in [0.3, 0.4) is 0 Å². The minimum Gasteiger partial charge on any atom is -0.394 e. The molecule has 20 heavy (non-hydrogen) atoms. The van der Waals surface area contributed by atoms with Crippen LogP contribution in [0.4, 0.5) is 8.78 Å². The third-order valence-corrected chi connectivity index (χ3v) is 3.12. The molecule has 0 aliphatic carbocycles. The van der Waals surface area contributed by atoms with Gasteiger partial charge in [0.05, 0.1) is 18.8 Å². The van der Waals surface area contributed by atoms with Crippen molar-refractivity contribution in [2.75, 3.05) is 26.4 Å². The van der Waals surface area contributed by atoms with Crippen molar-refractivity contribution >= 4 is 17.7 Å². The average molecular weight is 305 g/mol. The van der Waals surface area contributed by atoms with Gasteiger partial charge in [-0.1, -0.05) is 23.9 Å². The van der Waals surface area contributed by atoms with Crippen LogP contribution in [-0.4, -0.2) is 43.1 Å². The van der Waals surface area contributed by atoms with E-state index >= 15 is 0 Å². The molecule has 0 aliphatic rings. The molecule has 0 radical (unpaired) electrons. The van der Waals surface area contributed by atoms with Gasteiger partial charge in [0.15, 0.2) is 0 Å². The zero-order chi connectivity index (χ0) is 14.8. The zero-order valence-electron chi connectivity index (χ0n) is 10.9. The lowest BCUT2D eigenvalue weighted by Crippen LogP contribution is -2.26. The summed E-state index contributed by atoms with van der Waals surface area (Å²) in [6.07, 6.45) is 0.593. The third-order valence-electron chi connectivity index (χ3n) is 2.33. The second kappa shape index (κ2) is 9.68. The standard InChI is InChI=1S/C13H17F2NO3S/c14-13(15)20-11-5-2-1-4-10(11)12(18)16-6-3-8-19-9-7-17/h1-2,4-5,13,17H,3,6-9H2,(H,16,18). The van der Waals surface area contributed by atoms with Gasteiger partial charge in [-0.2, -0.15) is 8.78 Å². The van der Waals surface area contributed by atoms with Crippen molar-refractivity contribution in [3.8, 4) is 0 Å². The van der Waals surface area contributed by atoms with Crippen LogP contribution < -0.4 is 5.32 Å². The number of benzene rings is 1. The molecule has 1 rings (SSSR count). The van der Waals surface area contributed by atoms with E-state index in [1.807, 2.05) is 0 Å². The molecule has 7 heteroatoms. The highest BCUT2D eigenvalue weighted by Crippen LogP contribution is 2.28. The SMILES string of the molecule is O=C(NCCCOCCO)c1ccccc1SC(F)F. The summed E-state index contributed by atoms with van der Waals surface area (Å²) in [5.41, 5.74) is 0.245. The number of hydrogen-bond donors (Lipinski definition) is 2. The Morgan fingerprint density at radius 1 is 1.35 bits per heavy atom. The maximum atomic E-state index is 12.4. The summed E-state index contributed by atoms with van der Waals surface area (Å²) >= 11 is 0.357. The van der Waals surface area contributed by atoms with Gasteiger partial charge in [-0.3, -0.25) is 4.79 Å². The quantitative estimate of drug-likeness (QED) is 0.542. The molecule has 0 unspecified atom stereocenters. The Hall–Kier alpha value is -1.18. The fourth-order valence-corrected chi connectivity index (χ4v) is 2.13. The number of carbonyl (C=O) groups excluding carboxylic acids is 1. The van der Waals surface area contributed by atoms with E-state index in [4.69, 9.17) is 9.84 Å². The Bertz CT molecular complexity index is 418. The third kappa shape index (κ3) is 6.31. The second-order valence-corrected chi connectivity index (χ2v) is 4.85. The van der Waals surface area contributed by atoms with Gasteiger partial charge in [0.1, 0.15) is 0 Å². The number of hydrogen-bond acceptors (Lipinski definition) is 4. The molecule has 0 saturated carbocycles. The second-order valence-electron chi connectivity index (χ2n) is 3.82. The topological polar surface area (TPSA) is 58.6 Å². The molecule has 4 nitrogen and oxygen atoms in total. The Balaban J connectivity index is 2.43. The number of rotatable bonds is 9. The molecule has 0 bridgehead atoms. The zero-order valence-corrected chi connectivity index (χ0v) is 11.7. The van der Waals surface area contributed by atoms with Crippen LogP contribution in [0.5, 0.6) is 0 Å². The van der Waals surface area contributed by atoms with E-state index in [9.17, 15) is 13.6 Å². The van der Waals surface area contributed by atoms with Crippen LogP contribution >= 0.6 is 11.8 Å². The number of carbonyl (C=O) groups is 1. The first-order valence-electron chi connectivity index (χ1n) is 6.15. The van der Waals surface area contributed by atoms with Crippen LogP contribution in [0.15, 0.2) is 29.2 Å². The summed E-state index contributed by atoms with van der Waals surface area (Å²) in [6.45, 7) is 1.04. The van der Waals surface area contributed by atoms with E-state index in [0.29, 0.717) is 31.3 Å². The van der Waals surface area contributed by atoms with E-state index in [2.05, 4.69) is 5.32 Å². The van der Waals surface area contributed by atoms with Gasteiger partial charge < -0.3 is 15.2 Å². The van der Waals surface area contributed by atoms with Crippen LogP contribution in [0.2, 0.25) is 0 Å². The van der Waals surface area contributed by atoms with Crippen molar-refractivity contribution in [3.05, 3.63) is 29.8 Å². The van der Waals surface area contributed by atoms with E-state index in [1.54, 1.807) is 12.1 Å². The molecule has 112 valence electrons. The fraction of sp³-hybridized carbons (Fsp3) is 0.462. The predicted octanol–water partition coefficient (Wildman–Crippen LogP) is 2.13. The minimum absolute atomic E-state index is 0.0371. The Morgan fingerprint density at radius 3 is 2.80 bits per heavy atom. The molecule has 1 aromatic carbocycles. The van der Waals surface area contributed by atoms with Crippen molar-refractivity contribution in [1.82, 2.24) is 5.32 Å². The normalized spacial score (nSPS) is 10.8. The summed E-state index contributed by atoms with van der Waals surface area (Å²) in [5.74, 6) is -2.94. The Kier molecular flexibility index (Phi) is 8.17. The minimum atomic E-state index is -2.56. The molecule has 0 atom stereocenters. The summed E-state index contributed by atoms with van der Waals surface area (Å²) in [7, 11) is 0. The highest BCUT2D eigenvalue weighted by Gasteiger charge is 2.14. The smallest absolute Gasteiger partial charge is 0.288 e. The maximum absolute atomic E-state index is 12.4. The summed E-state index contributed by atoms with van der Waals surface area (Å²) in [5, 5.41) is 11.2. The molecule has 0 aliphatic heterocycles. The van der Waals surface area contributed by atoms with Gasteiger partial charge in [-0.15, -0.1) is 0 Å². The first kappa shape index (κ1) is 16.9. The van der Waals surface area contributed by atoms with Crippen LogP contribution in [0.1, 0.15) is 16.8 Å². The average Bonchev–Trinajstić information content (AvgIpc) is 2.42. The monoisotopic (exact) mass is 305 g/mol. The summed E-state index contributed by atoms with van der Waals surface area (Å²) < 4.78 is 29.8. The molecular weight excluding hydrogens is 288 g/mol. The van der Waals surface area contributed by atoms with Gasteiger partial charge >= 0.3 is 0 Å². The molecule has 0 fully saturated rings. The largest absolute Gasteiger partial charge is 0.394 e. The summed E-state index contributed by atoms with van der Waals surface area (Å²) in [4.78, 5) is 12.1.